The fraction of sp³-hybridized carbons (Fsp3) is 0.778. The largest absolute Gasteiger partial charge is 0.481 e. The highest BCUT2D eigenvalue weighted by atomic mass is 16.4. The minimum absolute atomic E-state index is 0.0563. The van der Waals surface area contributed by atoms with E-state index in [2.05, 4.69) is 5.32 Å². The fourth-order valence-electron chi connectivity index (χ4n) is 1.78. The molecule has 5 heteroatoms. The van der Waals surface area contributed by atoms with E-state index in [0.717, 1.165) is 0 Å². The molecule has 0 heterocycles. The zero-order valence-corrected chi connectivity index (χ0v) is 8.03. The Kier molecular flexibility index (Phi) is 3.88. The van der Waals surface area contributed by atoms with Crippen LogP contribution in [0.15, 0.2) is 0 Å². The average Bonchev–Trinajstić information content (AvgIpc) is 2.62. The van der Waals surface area contributed by atoms with Crippen LogP contribution in [-0.4, -0.2) is 30.1 Å². The lowest BCUT2D eigenvalue weighted by atomic mass is 10.0. The van der Waals surface area contributed by atoms with Crippen LogP contribution in [0.4, 0.5) is 0 Å². The Morgan fingerprint density at radius 1 is 1.36 bits per heavy atom. The SMILES string of the molecule is NCCNC(=O)[C@@H]1CC[C@H](C(=O)O)C1. The molecule has 1 rings (SSSR count). The summed E-state index contributed by atoms with van der Waals surface area (Å²) in [6, 6.07) is 0. The lowest BCUT2D eigenvalue weighted by Gasteiger charge is -2.09. The standard InChI is InChI=1S/C9H16N2O3/c10-3-4-11-8(12)6-1-2-7(5-6)9(13)14/h6-7H,1-5,10H2,(H,11,12)(H,13,14)/t6-,7+/m1/s1. The minimum atomic E-state index is -0.792. The lowest BCUT2D eigenvalue weighted by Crippen LogP contribution is -2.33. The molecule has 1 saturated carbocycles. The first-order valence-electron chi connectivity index (χ1n) is 4.85. The van der Waals surface area contributed by atoms with Gasteiger partial charge in [-0.3, -0.25) is 9.59 Å². The summed E-state index contributed by atoms with van der Waals surface area (Å²) in [6.45, 7) is 0.883. The van der Waals surface area contributed by atoms with Gasteiger partial charge in [0.25, 0.3) is 0 Å². The van der Waals surface area contributed by atoms with E-state index < -0.39 is 5.97 Å². The van der Waals surface area contributed by atoms with E-state index in [1.807, 2.05) is 0 Å². The van der Waals surface area contributed by atoms with E-state index in [4.69, 9.17) is 10.8 Å². The monoisotopic (exact) mass is 200 g/mol. The van der Waals surface area contributed by atoms with E-state index in [1.165, 1.54) is 0 Å². The summed E-state index contributed by atoms with van der Waals surface area (Å²) in [6.07, 6.45) is 1.75. The van der Waals surface area contributed by atoms with Crippen molar-refractivity contribution in [1.29, 1.82) is 0 Å². The predicted octanol–water partition coefficient (Wildman–Crippen LogP) is -0.438. The predicted molar refractivity (Wildman–Crippen MR) is 50.5 cm³/mol. The molecular formula is C9H16N2O3. The first-order valence-corrected chi connectivity index (χ1v) is 4.85. The first-order chi connectivity index (χ1) is 6.65. The van der Waals surface area contributed by atoms with E-state index in [0.29, 0.717) is 32.4 Å². The van der Waals surface area contributed by atoms with Gasteiger partial charge in [-0.2, -0.15) is 0 Å². The summed E-state index contributed by atoms with van der Waals surface area (Å²) in [4.78, 5) is 22.0. The second-order valence-corrected chi connectivity index (χ2v) is 3.62. The van der Waals surface area contributed by atoms with E-state index in [1.54, 1.807) is 0 Å². The second-order valence-electron chi connectivity index (χ2n) is 3.62. The molecule has 0 saturated heterocycles. The molecule has 4 N–H and O–H groups in total. The van der Waals surface area contributed by atoms with Gasteiger partial charge in [-0.05, 0) is 19.3 Å². The Hall–Kier alpha value is -1.10. The molecule has 0 spiro atoms. The smallest absolute Gasteiger partial charge is 0.306 e. The molecule has 0 unspecified atom stereocenters. The normalized spacial score (nSPS) is 26.1. The minimum Gasteiger partial charge on any atom is -0.481 e. The zero-order chi connectivity index (χ0) is 10.6. The first kappa shape index (κ1) is 11.0. The van der Waals surface area contributed by atoms with Gasteiger partial charge in [0.1, 0.15) is 0 Å². The molecule has 0 aliphatic heterocycles. The Bertz CT molecular complexity index is 230. The van der Waals surface area contributed by atoms with Crippen molar-refractivity contribution in [2.75, 3.05) is 13.1 Å². The summed E-state index contributed by atoms with van der Waals surface area (Å²) in [5.41, 5.74) is 5.24. The molecule has 1 amide bonds. The number of rotatable bonds is 4. The van der Waals surface area contributed by atoms with Gasteiger partial charge in [0.2, 0.25) is 5.91 Å². The second kappa shape index (κ2) is 4.95. The van der Waals surface area contributed by atoms with Gasteiger partial charge in [-0.25, -0.2) is 0 Å². The Morgan fingerprint density at radius 3 is 2.50 bits per heavy atom. The summed E-state index contributed by atoms with van der Waals surface area (Å²) < 4.78 is 0. The summed E-state index contributed by atoms with van der Waals surface area (Å²) in [5, 5.41) is 11.4. The van der Waals surface area contributed by atoms with Gasteiger partial charge in [-0.15, -0.1) is 0 Å². The summed E-state index contributed by atoms with van der Waals surface area (Å²) in [5.74, 6) is -1.33. The number of hydrogen-bond acceptors (Lipinski definition) is 3. The average molecular weight is 200 g/mol. The van der Waals surface area contributed by atoms with Gasteiger partial charge >= 0.3 is 5.97 Å². The van der Waals surface area contributed by atoms with Crippen LogP contribution >= 0.6 is 0 Å². The third-order valence-corrected chi connectivity index (χ3v) is 2.60. The van der Waals surface area contributed by atoms with Crippen LogP contribution < -0.4 is 11.1 Å². The molecule has 0 radical (unpaired) electrons. The van der Waals surface area contributed by atoms with Crippen LogP contribution in [0.25, 0.3) is 0 Å². The Morgan fingerprint density at radius 2 is 2.00 bits per heavy atom. The van der Waals surface area contributed by atoms with Crippen molar-refractivity contribution < 1.29 is 14.7 Å². The number of carboxylic acid groups (broad SMARTS) is 1. The van der Waals surface area contributed by atoms with E-state index >= 15 is 0 Å². The van der Waals surface area contributed by atoms with Crippen LogP contribution in [0.5, 0.6) is 0 Å². The highest BCUT2D eigenvalue weighted by Crippen LogP contribution is 2.30. The number of nitrogens with one attached hydrogen (secondary N) is 1. The van der Waals surface area contributed by atoms with Crippen LogP contribution in [0.2, 0.25) is 0 Å². The number of hydrogen-bond donors (Lipinski definition) is 3. The maximum Gasteiger partial charge on any atom is 0.306 e. The van der Waals surface area contributed by atoms with Crippen LogP contribution in [0, 0.1) is 11.8 Å². The topological polar surface area (TPSA) is 92.4 Å². The molecular weight excluding hydrogens is 184 g/mol. The molecule has 1 aliphatic carbocycles. The van der Waals surface area contributed by atoms with Crippen LogP contribution in [0.3, 0.4) is 0 Å². The number of aliphatic carboxylic acids is 1. The molecule has 1 fully saturated rings. The molecule has 0 aromatic heterocycles. The maximum atomic E-state index is 11.4. The van der Waals surface area contributed by atoms with Gasteiger partial charge in [0, 0.05) is 19.0 Å². The van der Waals surface area contributed by atoms with Gasteiger partial charge in [0.15, 0.2) is 0 Å². The van der Waals surface area contributed by atoms with Gasteiger partial charge in [0.05, 0.1) is 5.92 Å². The molecule has 1 aliphatic rings. The van der Waals surface area contributed by atoms with Crippen molar-refractivity contribution in [1.82, 2.24) is 5.32 Å². The quantitative estimate of drug-likeness (QED) is 0.573. The zero-order valence-electron chi connectivity index (χ0n) is 8.03. The molecule has 0 aromatic rings. The Labute approximate surface area is 82.7 Å². The van der Waals surface area contributed by atoms with Crippen molar-refractivity contribution in [2.24, 2.45) is 17.6 Å². The highest BCUT2D eigenvalue weighted by molar-refractivity contribution is 5.80. The third-order valence-electron chi connectivity index (χ3n) is 2.60. The van der Waals surface area contributed by atoms with E-state index in [-0.39, 0.29) is 17.7 Å². The molecule has 5 nitrogen and oxygen atoms in total. The Balaban J connectivity index is 2.34. The van der Waals surface area contributed by atoms with E-state index in [9.17, 15) is 9.59 Å². The fourth-order valence-corrected chi connectivity index (χ4v) is 1.78. The molecule has 0 aromatic carbocycles. The van der Waals surface area contributed by atoms with Crippen LogP contribution in [-0.2, 0) is 9.59 Å². The number of carbonyl (C=O) groups excluding carboxylic acids is 1. The van der Waals surface area contributed by atoms with Crippen molar-refractivity contribution in [3.05, 3.63) is 0 Å². The molecule has 2 atom stereocenters. The number of amides is 1. The van der Waals surface area contributed by atoms with Gasteiger partial charge < -0.3 is 16.2 Å². The number of carbonyl (C=O) groups is 2. The van der Waals surface area contributed by atoms with Crippen molar-refractivity contribution in [2.45, 2.75) is 19.3 Å². The van der Waals surface area contributed by atoms with Crippen molar-refractivity contribution >= 4 is 11.9 Å². The molecule has 14 heavy (non-hydrogen) atoms. The number of carboxylic acids is 1. The molecule has 80 valence electrons. The highest BCUT2D eigenvalue weighted by Gasteiger charge is 2.33. The van der Waals surface area contributed by atoms with Crippen molar-refractivity contribution in [3.8, 4) is 0 Å². The third kappa shape index (κ3) is 2.70. The van der Waals surface area contributed by atoms with Gasteiger partial charge in [-0.1, -0.05) is 0 Å². The summed E-state index contributed by atoms with van der Waals surface area (Å²) in [7, 11) is 0. The lowest BCUT2D eigenvalue weighted by molar-refractivity contribution is -0.141. The van der Waals surface area contributed by atoms with Crippen molar-refractivity contribution in [3.63, 3.8) is 0 Å². The summed E-state index contributed by atoms with van der Waals surface area (Å²) >= 11 is 0. The molecule has 0 bridgehead atoms. The number of nitrogens with two attached hydrogens (primary N) is 1. The van der Waals surface area contributed by atoms with Crippen LogP contribution in [0.1, 0.15) is 19.3 Å². The maximum absolute atomic E-state index is 11.4.